The van der Waals surface area contributed by atoms with E-state index in [9.17, 15) is 13.2 Å². The van der Waals surface area contributed by atoms with Crippen LogP contribution in [0.25, 0.3) is 11.1 Å². The first-order valence-corrected chi connectivity index (χ1v) is 6.61. The molecular weight excluding hydrogens is 263 g/mol. The molecule has 1 aliphatic rings. The van der Waals surface area contributed by atoms with Crippen LogP contribution in [0.15, 0.2) is 36.4 Å². The van der Waals surface area contributed by atoms with Gasteiger partial charge in [0, 0.05) is 23.7 Å². The molecule has 0 amide bonds. The zero-order chi connectivity index (χ0) is 14.1. The molecule has 1 nitrogen and oxygen atoms in total. The quantitative estimate of drug-likeness (QED) is 0.890. The highest BCUT2D eigenvalue weighted by Crippen LogP contribution is 2.26. The van der Waals surface area contributed by atoms with Crippen molar-refractivity contribution in [1.29, 1.82) is 0 Å². The minimum Gasteiger partial charge on any atom is -0.310 e. The molecule has 4 heteroatoms. The predicted molar refractivity (Wildman–Crippen MR) is 71.6 cm³/mol. The molecule has 1 aliphatic carbocycles. The lowest BCUT2D eigenvalue weighted by atomic mass is 10.0. The third kappa shape index (κ3) is 2.85. The van der Waals surface area contributed by atoms with Crippen LogP contribution in [0.4, 0.5) is 13.2 Å². The first kappa shape index (κ1) is 13.2. The zero-order valence-electron chi connectivity index (χ0n) is 10.8. The fraction of sp³-hybridized carbons (Fsp3) is 0.250. The Morgan fingerprint density at radius 3 is 2.45 bits per heavy atom. The van der Waals surface area contributed by atoms with Gasteiger partial charge in [-0.15, -0.1) is 0 Å². The molecule has 1 N–H and O–H groups in total. The van der Waals surface area contributed by atoms with Gasteiger partial charge in [-0.25, -0.2) is 13.2 Å². The molecule has 0 unspecified atom stereocenters. The van der Waals surface area contributed by atoms with Gasteiger partial charge in [0.15, 0.2) is 0 Å². The summed E-state index contributed by atoms with van der Waals surface area (Å²) in [4.78, 5) is 0. The normalized spacial score (nSPS) is 14.6. The van der Waals surface area contributed by atoms with Crippen molar-refractivity contribution >= 4 is 0 Å². The lowest BCUT2D eigenvalue weighted by molar-refractivity contribution is 0.586. The summed E-state index contributed by atoms with van der Waals surface area (Å²) in [5.74, 6) is -1.36. The fourth-order valence-electron chi connectivity index (χ4n) is 2.14. The topological polar surface area (TPSA) is 12.0 Å². The molecule has 0 radical (unpaired) electrons. The SMILES string of the molecule is Fc1ccc(F)c(-c2ccc(F)c(CNC3CC3)c2)c1. The Morgan fingerprint density at radius 1 is 0.950 bits per heavy atom. The summed E-state index contributed by atoms with van der Waals surface area (Å²) in [6.07, 6.45) is 2.22. The lowest BCUT2D eigenvalue weighted by Gasteiger charge is -2.09. The molecule has 1 saturated carbocycles. The molecule has 0 aromatic heterocycles. The lowest BCUT2D eigenvalue weighted by Crippen LogP contribution is -2.16. The molecule has 1 fully saturated rings. The van der Waals surface area contributed by atoms with E-state index in [1.807, 2.05) is 0 Å². The van der Waals surface area contributed by atoms with E-state index in [0.29, 0.717) is 23.7 Å². The fourth-order valence-corrected chi connectivity index (χ4v) is 2.14. The van der Waals surface area contributed by atoms with Crippen LogP contribution in [-0.4, -0.2) is 6.04 Å². The van der Waals surface area contributed by atoms with Gasteiger partial charge >= 0.3 is 0 Å². The largest absolute Gasteiger partial charge is 0.310 e. The van der Waals surface area contributed by atoms with Crippen molar-refractivity contribution in [2.75, 3.05) is 0 Å². The van der Waals surface area contributed by atoms with Crippen molar-refractivity contribution in [2.45, 2.75) is 25.4 Å². The highest BCUT2D eigenvalue weighted by atomic mass is 19.1. The average Bonchev–Trinajstić information content (AvgIpc) is 3.25. The number of benzene rings is 2. The van der Waals surface area contributed by atoms with Gasteiger partial charge in [0.05, 0.1) is 0 Å². The van der Waals surface area contributed by atoms with E-state index >= 15 is 0 Å². The second-order valence-corrected chi connectivity index (χ2v) is 5.09. The van der Waals surface area contributed by atoms with Gasteiger partial charge in [-0.05, 0) is 48.7 Å². The maximum absolute atomic E-state index is 13.7. The molecule has 0 atom stereocenters. The van der Waals surface area contributed by atoms with Crippen molar-refractivity contribution in [1.82, 2.24) is 5.32 Å². The van der Waals surface area contributed by atoms with Crippen molar-refractivity contribution in [3.63, 3.8) is 0 Å². The molecule has 0 heterocycles. The van der Waals surface area contributed by atoms with E-state index in [1.54, 1.807) is 6.07 Å². The minimum absolute atomic E-state index is 0.151. The van der Waals surface area contributed by atoms with E-state index in [2.05, 4.69) is 5.32 Å². The number of rotatable bonds is 4. The number of hydrogen-bond acceptors (Lipinski definition) is 1. The summed E-state index contributed by atoms with van der Waals surface area (Å²) in [6.45, 7) is 0.404. The maximum Gasteiger partial charge on any atom is 0.131 e. The summed E-state index contributed by atoms with van der Waals surface area (Å²) in [5, 5.41) is 3.21. The smallest absolute Gasteiger partial charge is 0.131 e. The Hall–Kier alpha value is -1.81. The van der Waals surface area contributed by atoms with Gasteiger partial charge in [0.25, 0.3) is 0 Å². The third-order valence-corrected chi connectivity index (χ3v) is 3.44. The maximum atomic E-state index is 13.7. The molecule has 3 rings (SSSR count). The van der Waals surface area contributed by atoms with Crippen LogP contribution in [-0.2, 0) is 6.54 Å². The van der Waals surface area contributed by atoms with Crippen LogP contribution < -0.4 is 5.32 Å². The minimum atomic E-state index is -0.515. The summed E-state index contributed by atoms with van der Waals surface area (Å²) in [5.41, 5.74) is 1.10. The summed E-state index contributed by atoms with van der Waals surface area (Å²) >= 11 is 0. The van der Waals surface area contributed by atoms with Crippen molar-refractivity contribution in [3.8, 4) is 11.1 Å². The van der Waals surface area contributed by atoms with E-state index < -0.39 is 11.6 Å². The van der Waals surface area contributed by atoms with E-state index in [4.69, 9.17) is 0 Å². The predicted octanol–water partition coefficient (Wildman–Crippen LogP) is 4.02. The van der Waals surface area contributed by atoms with Crippen LogP contribution in [0.5, 0.6) is 0 Å². The van der Waals surface area contributed by atoms with E-state index in [-0.39, 0.29) is 11.4 Å². The summed E-state index contributed by atoms with van der Waals surface area (Å²) in [7, 11) is 0. The Morgan fingerprint density at radius 2 is 1.70 bits per heavy atom. The van der Waals surface area contributed by atoms with Crippen molar-refractivity contribution in [2.24, 2.45) is 0 Å². The van der Waals surface area contributed by atoms with Gasteiger partial charge in [0.1, 0.15) is 17.5 Å². The number of halogens is 3. The molecule has 0 aliphatic heterocycles. The standard InChI is InChI=1S/C16H14F3N/c17-12-2-6-16(19)14(8-12)10-1-5-15(18)11(7-10)9-20-13-3-4-13/h1-2,5-8,13,20H,3-4,9H2. The van der Waals surface area contributed by atoms with Gasteiger partial charge < -0.3 is 5.32 Å². The molecule has 20 heavy (non-hydrogen) atoms. The highest BCUT2D eigenvalue weighted by molar-refractivity contribution is 5.65. The molecule has 2 aromatic rings. The van der Waals surface area contributed by atoms with Gasteiger partial charge in [0.2, 0.25) is 0 Å². The Kier molecular flexibility index (Phi) is 3.49. The second-order valence-electron chi connectivity index (χ2n) is 5.09. The summed E-state index contributed by atoms with van der Waals surface area (Å²) in [6, 6.07) is 8.07. The van der Waals surface area contributed by atoms with Crippen LogP contribution in [0, 0.1) is 17.5 Å². The van der Waals surface area contributed by atoms with Crippen LogP contribution >= 0.6 is 0 Å². The highest BCUT2D eigenvalue weighted by Gasteiger charge is 2.20. The first-order chi connectivity index (χ1) is 9.63. The molecular formula is C16H14F3N. The third-order valence-electron chi connectivity index (χ3n) is 3.44. The van der Waals surface area contributed by atoms with Crippen LogP contribution in [0.3, 0.4) is 0 Å². The van der Waals surface area contributed by atoms with Crippen LogP contribution in [0.2, 0.25) is 0 Å². The molecule has 0 saturated heterocycles. The van der Waals surface area contributed by atoms with Crippen molar-refractivity contribution in [3.05, 3.63) is 59.4 Å². The zero-order valence-corrected chi connectivity index (χ0v) is 10.8. The molecule has 0 bridgehead atoms. The molecule has 2 aromatic carbocycles. The Bertz CT molecular complexity index is 636. The van der Waals surface area contributed by atoms with Crippen LogP contribution in [0.1, 0.15) is 18.4 Å². The first-order valence-electron chi connectivity index (χ1n) is 6.61. The van der Waals surface area contributed by atoms with Gasteiger partial charge in [-0.1, -0.05) is 6.07 Å². The van der Waals surface area contributed by atoms with E-state index in [1.165, 1.54) is 12.1 Å². The molecule has 0 spiro atoms. The Labute approximate surface area is 115 Å². The van der Waals surface area contributed by atoms with Gasteiger partial charge in [-0.2, -0.15) is 0 Å². The van der Waals surface area contributed by atoms with Crippen molar-refractivity contribution < 1.29 is 13.2 Å². The monoisotopic (exact) mass is 277 g/mol. The summed E-state index contributed by atoms with van der Waals surface area (Å²) < 4.78 is 40.7. The molecule has 104 valence electrons. The second kappa shape index (κ2) is 5.29. The van der Waals surface area contributed by atoms with E-state index in [0.717, 1.165) is 31.0 Å². The average molecular weight is 277 g/mol. The Balaban J connectivity index is 1.92. The number of hydrogen-bond donors (Lipinski definition) is 1. The number of nitrogens with one attached hydrogen (secondary N) is 1. The van der Waals surface area contributed by atoms with Gasteiger partial charge in [-0.3, -0.25) is 0 Å².